The summed E-state index contributed by atoms with van der Waals surface area (Å²) < 4.78 is 2.03. The number of likely N-dealkylation sites (tertiary alicyclic amines) is 1. The Morgan fingerprint density at radius 3 is 2.31 bits per heavy atom. The Balaban J connectivity index is 1.54. The Morgan fingerprint density at radius 2 is 1.65 bits per heavy atom. The number of fused-ring (bicyclic) bond motifs is 1. The molecule has 4 rings (SSSR count). The molecule has 0 atom stereocenters. The van der Waals surface area contributed by atoms with E-state index in [1.165, 1.54) is 36.8 Å². The van der Waals surface area contributed by atoms with E-state index in [9.17, 15) is 4.79 Å². The SMILES string of the molecule is Cc1cc2[nH]c(=O)n(C3CCN([C@]4(C)CC[C@@H](C)CC4)CC3)c2cc1C. The lowest BCUT2D eigenvalue weighted by atomic mass is 9.76. The molecule has 26 heavy (non-hydrogen) atoms. The van der Waals surface area contributed by atoms with Crippen molar-refractivity contribution in [3.63, 3.8) is 0 Å². The van der Waals surface area contributed by atoms with E-state index >= 15 is 0 Å². The summed E-state index contributed by atoms with van der Waals surface area (Å²) in [4.78, 5) is 18.4. The number of imidazole rings is 1. The zero-order valence-corrected chi connectivity index (χ0v) is 16.8. The summed E-state index contributed by atoms with van der Waals surface area (Å²) in [5, 5.41) is 0. The second-order valence-corrected chi connectivity index (χ2v) is 9.15. The minimum Gasteiger partial charge on any atom is -0.306 e. The van der Waals surface area contributed by atoms with Crippen LogP contribution in [-0.4, -0.2) is 33.1 Å². The van der Waals surface area contributed by atoms with Crippen molar-refractivity contribution in [1.29, 1.82) is 0 Å². The molecule has 142 valence electrons. The van der Waals surface area contributed by atoms with Gasteiger partial charge in [0.2, 0.25) is 0 Å². The van der Waals surface area contributed by atoms with Crippen molar-refractivity contribution in [2.75, 3.05) is 13.1 Å². The second kappa shape index (κ2) is 6.56. The van der Waals surface area contributed by atoms with E-state index in [4.69, 9.17) is 0 Å². The van der Waals surface area contributed by atoms with Gasteiger partial charge in [-0.1, -0.05) is 6.92 Å². The summed E-state index contributed by atoms with van der Waals surface area (Å²) >= 11 is 0. The zero-order valence-electron chi connectivity index (χ0n) is 16.8. The molecule has 0 unspecified atom stereocenters. The molecular formula is C22H33N3O. The average Bonchev–Trinajstić information content (AvgIpc) is 2.93. The van der Waals surface area contributed by atoms with Crippen LogP contribution >= 0.6 is 0 Å². The summed E-state index contributed by atoms with van der Waals surface area (Å²) in [6.45, 7) is 11.3. The number of H-pyrrole nitrogens is 1. The Bertz CT molecular complexity index is 846. The van der Waals surface area contributed by atoms with Crippen LogP contribution in [0.2, 0.25) is 0 Å². The molecule has 0 bridgehead atoms. The van der Waals surface area contributed by atoms with Crippen molar-refractivity contribution in [3.8, 4) is 0 Å². The third-order valence-corrected chi connectivity index (χ3v) is 7.28. The van der Waals surface area contributed by atoms with Crippen molar-refractivity contribution >= 4 is 11.0 Å². The van der Waals surface area contributed by atoms with Crippen LogP contribution in [0.25, 0.3) is 11.0 Å². The van der Waals surface area contributed by atoms with Gasteiger partial charge in [-0.15, -0.1) is 0 Å². The standard InChI is InChI=1S/C22H33N3O/c1-15-5-9-22(4,10-6-15)24-11-7-18(8-12-24)25-20-14-17(3)16(2)13-19(20)23-21(25)26/h13-15,18H,5-12H2,1-4H3,(H,23,26)/t15-,22-. The van der Waals surface area contributed by atoms with E-state index in [1.54, 1.807) is 0 Å². The summed E-state index contributed by atoms with van der Waals surface area (Å²) in [5.41, 5.74) is 4.98. The highest BCUT2D eigenvalue weighted by Gasteiger charge is 2.37. The van der Waals surface area contributed by atoms with Gasteiger partial charge in [-0.2, -0.15) is 0 Å². The van der Waals surface area contributed by atoms with Gasteiger partial charge in [-0.3, -0.25) is 9.47 Å². The lowest BCUT2D eigenvalue weighted by Gasteiger charge is -2.48. The molecule has 1 aliphatic heterocycles. The first-order valence-electron chi connectivity index (χ1n) is 10.3. The normalized spacial score (nSPS) is 28.7. The first kappa shape index (κ1) is 17.8. The molecule has 1 saturated carbocycles. The summed E-state index contributed by atoms with van der Waals surface area (Å²) in [6, 6.07) is 4.61. The minimum atomic E-state index is 0.0566. The van der Waals surface area contributed by atoms with Gasteiger partial charge in [0.1, 0.15) is 0 Å². The molecule has 2 aliphatic rings. The third-order valence-electron chi connectivity index (χ3n) is 7.28. The fourth-order valence-corrected chi connectivity index (χ4v) is 5.11. The number of nitrogens with one attached hydrogen (secondary N) is 1. The van der Waals surface area contributed by atoms with E-state index in [0.717, 1.165) is 42.9 Å². The molecule has 0 amide bonds. The van der Waals surface area contributed by atoms with Crippen molar-refractivity contribution < 1.29 is 0 Å². The van der Waals surface area contributed by atoms with Crippen molar-refractivity contribution in [2.45, 2.75) is 77.8 Å². The van der Waals surface area contributed by atoms with E-state index < -0.39 is 0 Å². The van der Waals surface area contributed by atoms with E-state index in [-0.39, 0.29) is 5.69 Å². The smallest absolute Gasteiger partial charge is 0.306 e. The van der Waals surface area contributed by atoms with Gasteiger partial charge < -0.3 is 4.98 Å². The van der Waals surface area contributed by atoms with E-state index in [1.807, 2.05) is 4.57 Å². The van der Waals surface area contributed by atoms with Crippen LogP contribution in [0.1, 0.15) is 69.5 Å². The zero-order chi connectivity index (χ0) is 18.5. The number of hydrogen-bond donors (Lipinski definition) is 1. The summed E-state index contributed by atoms with van der Waals surface area (Å²) in [6.07, 6.45) is 7.51. The first-order valence-corrected chi connectivity index (χ1v) is 10.3. The second-order valence-electron chi connectivity index (χ2n) is 9.15. The van der Waals surface area contributed by atoms with Crippen LogP contribution in [-0.2, 0) is 0 Å². The lowest BCUT2D eigenvalue weighted by Crippen LogP contribution is -2.52. The van der Waals surface area contributed by atoms with Crippen molar-refractivity contribution in [3.05, 3.63) is 33.7 Å². The Morgan fingerprint density at radius 1 is 1.04 bits per heavy atom. The molecule has 1 aliphatic carbocycles. The Labute approximate surface area is 156 Å². The molecular weight excluding hydrogens is 322 g/mol. The number of benzene rings is 1. The highest BCUT2D eigenvalue weighted by Crippen LogP contribution is 2.39. The molecule has 4 nitrogen and oxygen atoms in total. The largest absolute Gasteiger partial charge is 0.326 e. The number of nitrogens with zero attached hydrogens (tertiary/aromatic N) is 2. The van der Waals surface area contributed by atoms with Gasteiger partial charge in [0, 0.05) is 24.7 Å². The van der Waals surface area contributed by atoms with Gasteiger partial charge in [0.15, 0.2) is 0 Å². The molecule has 0 spiro atoms. The molecule has 2 aromatic rings. The van der Waals surface area contributed by atoms with Gasteiger partial charge in [0.25, 0.3) is 0 Å². The van der Waals surface area contributed by atoms with Crippen LogP contribution in [0, 0.1) is 19.8 Å². The Kier molecular flexibility index (Phi) is 4.50. The lowest BCUT2D eigenvalue weighted by molar-refractivity contribution is 0.0263. The topological polar surface area (TPSA) is 41.0 Å². The summed E-state index contributed by atoms with van der Waals surface area (Å²) in [5.74, 6) is 0.886. The number of piperidine rings is 1. The van der Waals surface area contributed by atoms with Crippen molar-refractivity contribution in [2.24, 2.45) is 5.92 Å². The van der Waals surface area contributed by atoms with Crippen LogP contribution in [0.3, 0.4) is 0 Å². The molecule has 1 saturated heterocycles. The maximum Gasteiger partial charge on any atom is 0.326 e. The van der Waals surface area contributed by atoms with E-state index in [2.05, 4.69) is 49.7 Å². The molecule has 1 aromatic heterocycles. The highest BCUT2D eigenvalue weighted by molar-refractivity contribution is 5.77. The average molecular weight is 356 g/mol. The maximum atomic E-state index is 12.6. The summed E-state index contributed by atoms with van der Waals surface area (Å²) in [7, 11) is 0. The monoisotopic (exact) mass is 355 g/mol. The van der Waals surface area contributed by atoms with Crippen LogP contribution in [0.15, 0.2) is 16.9 Å². The molecule has 1 N–H and O–H groups in total. The molecule has 2 heterocycles. The predicted molar refractivity (Wildman–Crippen MR) is 108 cm³/mol. The van der Waals surface area contributed by atoms with Crippen LogP contribution in [0.5, 0.6) is 0 Å². The van der Waals surface area contributed by atoms with Gasteiger partial charge in [-0.25, -0.2) is 4.79 Å². The Hall–Kier alpha value is -1.55. The quantitative estimate of drug-likeness (QED) is 0.858. The number of aromatic amines is 1. The fraction of sp³-hybridized carbons (Fsp3) is 0.682. The maximum absolute atomic E-state index is 12.6. The predicted octanol–water partition coefficient (Wildman–Crippen LogP) is 4.55. The first-order chi connectivity index (χ1) is 12.4. The minimum absolute atomic E-state index is 0.0566. The number of rotatable bonds is 2. The van der Waals surface area contributed by atoms with Gasteiger partial charge in [0.05, 0.1) is 11.0 Å². The highest BCUT2D eigenvalue weighted by atomic mass is 16.1. The van der Waals surface area contributed by atoms with Crippen LogP contribution < -0.4 is 5.69 Å². The molecule has 0 radical (unpaired) electrons. The molecule has 2 fully saturated rings. The van der Waals surface area contributed by atoms with Crippen molar-refractivity contribution in [1.82, 2.24) is 14.5 Å². The molecule has 4 heteroatoms. The number of aromatic nitrogens is 2. The number of aryl methyl sites for hydroxylation is 2. The van der Waals surface area contributed by atoms with Gasteiger partial charge in [-0.05, 0) is 88.5 Å². The molecule has 1 aromatic carbocycles. The third kappa shape index (κ3) is 3.02. The van der Waals surface area contributed by atoms with E-state index in [0.29, 0.717) is 11.6 Å². The van der Waals surface area contributed by atoms with Gasteiger partial charge >= 0.3 is 5.69 Å². The number of hydrogen-bond acceptors (Lipinski definition) is 2. The fourth-order valence-electron chi connectivity index (χ4n) is 5.11. The van der Waals surface area contributed by atoms with Crippen LogP contribution in [0.4, 0.5) is 0 Å².